The van der Waals surface area contributed by atoms with E-state index >= 15 is 0 Å². The van der Waals surface area contributed by atoms with Crippen LogP contribution in [-0.2, 0) is 11.2 Å². The van der Waals surface area contributed by atoms with Gasteiger partial charge in [-0.15, -0.1) is 0 Å². The lowest BCUT2D eigenvalue weighted by Gasteiger charge is -2.10. The van der Waals surface area contributed by atoms with E-state index in [4.69, 9.17) is 0 Å². The van der Waals surface area contributed by atoms with Crippen molar-refractivity contribution in [2.75, 3.05) is 18.4 Å². The number of anilines is 1. The fourth-order valence-corrected chi connectivity index (χ4v) is 2.61. The summed E-state index contributed by atoms with van der Waals surface area (Å²) in [7, 11) is 0. The summed E-state index contributed by atoms with van der Waals surface area (Å²) in [6.45, 7) is 5.17. The van der Waals surface area contributed by atoms with Crippen LogP contribution in [0.5, 0.6) is 0 Å². The number of rotatable bonds is 6. The molecule has 0 unspecified atom stereocenters. The molecule has 3 N–H and O–H groups in total. The van der Waals surface area contributed by atoms with Crippen LogP contribution < -0.4 is 10.6 Å². The number of H-pyrrole nitrogens is 1. The van der Waals surface area contributed by atoms with Crippen LogP contribution >= 0.6 is 0 Å². The zero-order valence-corrected chi connectivity index (χ0v) is 13.9. The maximum atomic E-state index is 12.1. The van der Waals surface area contributed by atoms with E-state index in [2.05, 4.69) is 25.6 Å². The summed E-state index contributed by atoms with van der Waals surface area (Å²) in [5, 5.41) is 6.22. The lowest BCUT2D eigenvalue weighted by molar-refractivity contribution is -0.120. The molecule has 1 amide bonds. The highest BCUT2D eigenvalue weighted by Crippen LogP contribution is 2.14. The van der Waals surface area contributed by atoms with Crippen LogP contribution in [0.3, 0.4) is 0 Å². The second kappa shape index (κ2) is 7.12. The van der Waals surface area contributed by atoms with Crippen LogP contribution in [0.1, 0.15) is 17.0 Å². The molecule has 6 nitrogen and oxygen atoms in total. The SMILES string of the molecule is Cc1nc2ccc(CC(=O)NCCNc3ccncc3C)cc2[nH]1. The minimum atomic E-state index is 0.0128. The number of fused-ring (bicyclic) bond motifs is 1. The van der Waals surface area contributed by atoms with E-state index in [-0.39, 0.29) is 5.91 Å². The van der Waals surface area contributed by atoms with Crippen molar-refractivity contribution in [1.29, 1.82) is 0 Å². The van der Waals surface area contributed by atoms with Gasteiger partial charge in [-0.2, -0.15) is 0 Å². The van der Waals surface area contributed by atoms with Gasteiger partial charge in [0.1, 0.15) is 5.82 Å². The molecule has 0 atom stereocenters. The van der Waals surface area contributed by atoms with Gasteiger partial charge in [-0.05, 0) is 43.2 Å². The van der Waals surface area contributed by atoms with Crippen LogP contribution in [0.25, 0.3) is 11.0 Å². The van der Waals surface area contributed by atoms with E-state index in [1.165, 1.54) is 0 Å². The van der Waals surface area contributed by atoms with Gasteiger partial charge in [0.05, 0.1) is 17.5 Å². The summed E-state index contributed by atoms with van der Waals surface area (Å²) in [5.74, 6) is 0.892. The topological polar surface area (TPSA) is 82.7 Å². The Labute approximate surface area is 140 Å². The molecule has 0 radical (unpaired) electrons. The molecule has 6 heteroatoms. The Kier molecular flexibility index (Phi) is 4.74. The minimum absolute atomic E-state index is 0.0128. The average Bonchev–Trinajstić information content (AvgIpc) is 2.92. The van der Waals surface area contributed by atoms with Crippen molar-refractivity contribution in [3.05, 3.63) is 53.6 Å². The Morgan fingerprint density at radius 2 is 2.08 bits per heavy atom. The van der Waals surface area contributed by atoms with Crippen LogP contribution in [0.15, 0.2) is 36.7 Å². The molecule has 0 spiro atoms. The highest BCUT2D eigenvalue weighted by Gasteiger charge is 2.06. The van der Waals surface area contributed by atoms with E-state index in [1.807, 2.05) is 44.3 Å². The molecule has 24 heavy (non-hydrogen) atoms. The summed E-state index contributed by atoms with van der Waals surface area (Å²) in [6.07, 6.45) is 3.93. The third-order valence-corrected chi connectivity index (χ3v) is 3.81. The number of aromatic nitrogens is 3. The van der Waals surface area contributed by atoms with Crippen LogP contribution in [0, 0.1) is 13.8 Å². The van der Waals surface area contributed by atoms with Gasteiger partial charge in [0.15, 0.2) is 0 Å². The summed E-state index contributed by atoms with van der Waals surface area (Å²) >= 11 is 0. The highest BCUT2D eigenvalue weighted by molar-refractivity contribution is 5.81. The molecule has 0 aliphatic heterocycles. The van der Waals surface area contributed by atoms with Crippen LogP contribution in [0.2, 0.25) is 0 Å². The maximum absolute atomic E-state index is 12.1. The monoisotopic (exact) mass is 323 g/mol. The molecule has 0 saturated carbocycles. The summed E-state index contributed by atoms with van der Waals surface area (Å²) in [5.41, 5.74) is 4.99. The molecule has 0 aliphatic rings. The lowest BCUT2D eigenvalue weighted by atomic mass is 10.1. The van der Waals surface area contributed by atoms with E-state index in [0.29, 0.717) is 19.5 Å². The normalized spacial score (nSPS) is 10.8. The first-order valence-electron chi connectivity index (χ1n) is 7.98. The van der Waals surface area contributed by atoms with Gasteiger partial charge < -0.3 is 15.6 Å². The molecule has 0 fully saturated rings. The molecule has 124 valence electrons. The van der Waals surface area contributed by atoms with Gasteiger partial charge >= 0.3 is 0 Å². The van der Waals surface area contributed by atoms with E-state index in [9.17, 15) is 4.79 Å². The molecular formula is C18H21N5O. The molecule has 3 rings (SSSR count). The predicted octanol–water partition coefficient (Wildman–Crippen LogP) is 2.35. The number of aromatic amines is 1. The van der Waals surface area contributed by atoms with Crippen molar-refractivity contribution in [2.24, 2.45) is 0 Å². The lowest BCUT2D eigenvalue weighted by Crippen LogP contribution is -2.30. The van der Waals surface area contributed by atoms with Gasteiger partial charge in [0, 0.05) is 31.2 Å². The molecule has 1 aromatic carbocycles. The zero-order chi connectivity index (χ0) is 16.9. The fourth-order valence-electron chi connectivity index (χ4n) is 2.61. The second-order valence-electron chi connectivity index (χ2n) is 5.82. The van der Waals surface area contributed by atoms with Gasteiger partial charge in [-0.3, -0.25) is 9.78 Å². The number of hydrogen-bond donors (Lipinski definition) is 3. The molecule has 0 saturated heterocycles. The number of hydrogen-bond acceptors (Lipinski definition) is 4. The minimum Gasteiger partial charge on any atom is -0.383 e. The van der Waals surface area contributed by atoms with E-state index in [1.54, 1.807) is 6.20 Å². The molecule has 0 bridgehead atoms. The Morgan fingerprint density at radius 3 is 2.92 bits per heavy atom. The number of nitrogens with zero attached hydrogens (tertiary/aromatic N) is 2. The fraction of sp³-hybridized carbons (Fsp3) is 0.278. The van der Waals surface area contributed by atoms with Gasteiger partial charge in [-0.1, -0.05) is 6.07 Å². The number of imidazole rings is 1. The first kappa shape index (κ1) is 16.0. The van der Waals surface area contributed by atoms with Gasteiger partial charge in [-0.25, -0.2) is 4.98 Å². The zero-order valence-electron chi connectivity index (χ0n) is 13.9. The van der Waals surface area contributed by atoms with Crippen LogP contribution in [-0.4, -0.2) is 33.9 Å². The van der Waals surface area contributed by atoms with Crippen molar-refractivity contribution >= 4 is 22.6 Å². The third kappa shape index (κ3) is 3.90. The number of aryl methyl sites for hydroxylation is 2. The molecular weight excluding hydrogens is 302 g/mol. The highest BCUT2D eigenvalue weighted by atomic mass is 16.1. The first-order valence-corrected chi connectivity index (χ1v) is 7.98. The molecule has 3 aromatic rings. The van der Waals surface area contributed by atoms with Crippen molar-refractivity contribution in [3.63, 3.8) is 0 Å². The average molecular weight is 323 g/mol. The van der Waals surface area contributed by atoms with E-state index < -0.39 is 0 Å². The number of carbonyl (C=O) groups is 1. The summed E-state index contributed by atoms with van der Waals surface area (Å²) in [4.78, 5) is 23.7. The predicted molar refractivity (Wildman–Crippen MR) is 95.0 cm³/mol. The van der Waals surface area contributed by atoms with Crippen molar-refractivity contribution in [1.82, 2.24) is 20.3 Å². The van der Waals surface area contributed by atoms with Crippen LogP contribution in [0.4, 0.5) is 5.69 Å². The molecule has 2 aromatic heterocycles. The second-order valence-corrected chi connectivity index (χ2v) is 5.82. The summed E-state index contributed by atoms with van der Waals surface area (Å²) in [6, 6.07) is 7.79. The smallest absolute Gasteiger partial charge is 0.224 e. The van der Waals surface area contributed by atoms with E-state index in [0.717, 1.165) is 33.7 Å². The Morgan fingerprint density at radius 1 is 1.21 bits per heavy atom. The number of carbonyl (C=O) groups excluding carboxylic acids is 1. The number of benzene rings is 1. The largest absolute Gasteiger partial charge is 0.383 e. The number of nitrogens with one attached hydrogen (secondary N) is 3. The van der Waals surface area contributed by atoms with Crippen molar-refractivity contribution < 1.29 is 4.79 Å². The van der Waals surface area contributed by atoms with Gasteiger partial charge in [0.25, 0.3) is 0 Å². The summed E-state index contributed by atoms with van der Waals surface area (Å²) < 4.78 is 0. The quantitative estimate of drug-likeness (QED) is 0.608. The van der Waals surface area contributed by atoms with Crippen molar-refractivity contribution in [3.8, 4) is 0 Å². The number of amides is 1. The number of pyridine rings is 1. The maximum Gasteiger partial charge on any atom is 0.224 e. The van der Waals surface area contributed by atoms with Gasteiger partial charge in [0.2, 0.25) is 5.91 Å². The Hall–Kier alpha value is -2.89. The first-order chi connectivity index (χ1) is 11.6. The molecule has 2 heterocycles. The Bertz CT molecular complexity index is 855. The van der Waals surface area contributed by atoms with Crippen molar-refractivity contribution in [2.45, 2.75) is 20.3 Å². The molecule has 0 aliphatic carbocycles. The standard InChI is InChI=1S/C18H21N5O/c1-12-11-19-6-5-15(12)20-7-8-21-18(24)10-14-3-4-16-17(9-14)23-13(2)22-16/h3-6,9,11H,7-8,10H2,1-2H3,(H,19,20)(H,21,24)(H,22,23). The third-order valence-electron chi connectivity index (χ3n) is 3.81. The Balaban J connectivity index is 1.47.